The second-order valence-electron chi connectivity index (χ2n) is 7.45. The molecule has 6 heteroatoms. The lowest BCUT2D eigenvalue weighted by Gasteiger charge is -2.28. The molecular weight excluding hydrogens is 374 g/mol. The van der Waals surface area contributed by atoms with Gasteiger partial charge in [0.25, 0.3) is 0 Å². The van der Waals surface area contributed by atoms with Crippen molar-refractivity contribution in [3.63, 3.8) is 0 Å². The van der Waals surface area contributed by atoms with Gasteiger partial charge in [-0.2, -0.15) is 4.31 Å². The average molecular weight is 404 g/mol. The van der Waals surface area contributed by atoms with E-state index < -0.39 is 10.0 Å². The minimum absolute atomic E-state index is 0.00290. The lowest BCUT2D eigenvalue weighted by Crippen LogP contribution is -2.38. The van der Waals surface area contributed by atoms with Gasteiger partial charge in [0.05, 0.1) is 18.1 Å². The number of benzene rings is 2. The van der Waals surface area contributed by atoms with E-state index in [1.165, 1.54) is 0 Å². The predicted octanol–water partition coefficient (Wildman–Crippen LogP) is 4.62. The Kier molecular flexibility index (Phi) is 6.62. The van der Waals surface area contributed by atoms with Crippen LogP contribution in [-0.4, -0.2) is 32.0 Å². The van der Waals surface area contributed by atoms with E-state index in [1.807, 2.05) is 38.1 Å². The van der Waals surface area contributed by atoms with Crippen LogP contribution in [0.2, 0.25) is 0 Å². The third-order valence-corrected chi connectivity index (χ3v) is 6.92. The first-order valence-corrected chi connectivity index (χ1v) is 11.3. The molecule has 1 aliphatic rings. The van der Waals surface area contributed by atoms with E-state index in [0.29, 0.717) is 22.9 Å². The number of rotatable bonds is 8. The Morgan fingerprint density at radius 1 is 1.04 bits per heavy atom. The first kappa shape index (κ1) is 20.7. The average Bonchev–Trinajstić information content (AvgIpc) is 3.20. The van der Waals surface area contributed by atoms with Gasteiger partial charge in [-0.05, 0) is 56.5 Å². The van der Waals surface area contributed by atoms with Gasteiger partial charge in [0.2, 0.25) is 10.0 Å². The number of nitrogens with zero attached hydrogens (tertiary/aromatic N) is 1. The fourth-order valence-corrected chi connectivity index (χ4v) is 5.37. The van der Waals surface area contributed by atoms with E-state index in [4.69, 9.17) is 9.47 Å². The summed E-state index contributed by atoms with van der Waals surface area (Å²) in [4.78, 5) is 0.342. The van der Waals surface area contributed by atoms with E-state index in [9.17, 15) is 8.42 Å². The Labute approximate surface area is 168 Å². The molecule has 0 amide bonds. The Morgan fingerprint density at radius 3 is 2.32 bits per heavy atom. The van der Waals surface area contributed by atoms with Crippen molar-refractivity contribution in [1.82, 2.24) is 4.31 Å². The molecule has 0 bridgehead atoms. The zero-order valence-electron chi connectivity index (χ0n) is 16.8. The van der Waals surface area contributed by atoms with E-state index >= 15 is 0 Å². The van der Waals surface area contributed by atoms with Crippen molar-refractivity contribution < 1.29 is 17.9 Å². The number of hydrogen-bond acceptors (Lipinski definition) is 4. The van der Waals surface area contributed by atoms with Crippen LogP contribution in [0.5, 0.6) is 11.5 Å². The van der Waals surface area contributed by atoms with Crippen molar-refractivity contribution in [2.45, 2.75) is 63.1 Å². The summed E-state index contributed by atoms with van der Waals surface area (Å²) in [7, 11) is -1.97. The fourth-order valence-electron chi connectivity index (χ4n) is 3.68. The largest absolute Gasteiger partial charge is 0.493 e. The number of sulfonamides is 1. The second kappa shape index (κ2) is 8.97. The van der Waals surface area contributed by atoms with Gasteiger partial charge in [0, 0.05) is 12.6 Å². The molecule has 28 heavy (non-hydrogen) atoms. The first-order chi connectivity index (χ1) is 13.4. The Hall–Kier alpha value is -2.05. The summed E-state index contributed by atoms with van der Waals surface area (Å²) >= 11 is 0. The van der Waals surface area contributed by atoms with Gasteiger partial charge in [-0.3, -0.25) is 0 Å². The maximum absolute atomic E-state index is 13.4. The molecule has 0 heterocycles. The third-order valence-electron chi connectivity index (χ3n) is 5.01. The van der Waals surface area contributed by atoms with Crippen LogP contribution in [0.15, 0.2) is 53.4 Å². The first-order valence-electron chi connectivity index (χ1n) is 9.82. The summed E-state index contributed by atoms with van der Waals surface area (Å²) in [6, 6.07) is 14.4. The fraction of sp³-hybridized carbons (Fsp3) is 0.455. The van der Waals surface area contributed by atoms with Crippen molar-refractivity contribution in [3.05, 3.63) is 54.1 Å². The van der Waals surface area contributed by atoms with Crippen molar-refractivity contribution in [2.75, 3.05) is 7.11 Å². The van der Waals surface area contributed by atoms with E-state index in [0.717, 1.165) is 31.2 Å². The molecule has 1 aliphatic carbocycles. The van der Waals surface area contributed by atoms with E-state index in [2.05, 4.69) is 0 Å². The zero-order chi connectivity index (χ0) is 20.1. The summed E-state index contributed by atoms with van der Waals surface area (Å²) in [6.07, 6.45) is 3.93. The Bertz CT molecular complexity index is 875. The summed E-state index contributed by atoms with van der Waals surface area (Å²) in [5, 5.41) is 0. The molecule has 1 saturated carbocycles. The van der Waals surface area contributed by atoms with Crippen molar-refractivity contribution in [3.8, 4) is 11.5 Å². The van der Waals surface area contributed by atoms with Gasteiger partial charge in [0.1, 0.15) is 0 Å². The van der Waals surface area contributed by atoms with Crippen LogP contribution >= 0.6 is 0 Å². The maximum atomic E-state index is 13.4. The lowest BCUT2D eigenvalue weighted by atomic mass is 10.1. The van der Waals surface area contributed by atoms with Crippen molar-refractivity contribution >= 4 is 10.0 Å². The van der Waals surface area contributed by atoms with Gasteiger partial charge in [-0.1, -0.05) is 37.1 Å². The molecule has 2 aromatic carbocycles. The van der Waals surface area contributed by atoms with Crippen LogP contribution in [0, 0.1) is 0 Å². The molecule has 0 aliphatic heterocycles. The van der Waals surface area contributed by atoms with Crippen molar-refractivity contribution in [2.24, 2.45) is 0 Å². The van der Waals surface area contributed by atoms with Crippen LogP contribution in [-0.2, 0) is 16.6 Å². The van der Waals surface area contributed by atoms with Crippen LogP contribution in [0.3, 0.4) is 0 Å². The van der Waals surface area contributed by atoms with E-state index in [1.54, 1.807) is 35.7 Å². The Morgan fingerprint density at radius 2 is 1.71 bits per heavy atom. The quantitative estimate of drug-likeness (QED) is 0.646. The lowest BCUT2D eigenvalue weighted by molar-refractivity contribution is 0.229. The highest BCUT2D eigenvalue weighted by atomic mass is 32.2. The molecule has 0 radical (unpaired) electrons. The standard InChI is InChI=1S/C22H29NO4S/c1-17(2)27-22-15-18(13-14-21(22)26-3)16-23(19-9-7-8-10-19)28(24,25)20-11-5-4-6-12-20/h4-6,11-15,17,19H,7-10,16H2,1-3H3. The molecule has 0 spiro atoms. The Balaban J connectivity index is 1.94. The molecule has 0 saturated heterocycles. The second-order valence-corrected chi connectivity index (χ2v) is 9.34. The normalized spacial score (nSPS) is 15.3. The smallest absolute Gasteiger partial charge is 0.243 e. The molecule has 5 nitrogen and oxygen atoms in total. The topological polar surface area (TPSA) is 55.8 Å². The predicted molar refractivity (Wildman–Crippen MR) is 110 cm³/mol. The third kappa shape index (κ3) is 4.67. The number of methoxy groups -OCH3 is 1. The van der Waals surface area contributed by atoms with Crippen LogP contribution < -0.4 is 9.47 Å². The molecule has 0 unspecified atom stereocenters. The van der Waals surface area contributed by atoms with Crippen LogP contribution in [0.25, 0.3) is 0 Å². The monoisotopic (exact) mass is 403 g/mol. The maximum Gasteiger partial charge on any atom is 0.243 e. The number of ether oxygens (including phenoxy) is 2. The van der Waals surface area contributed by atoms with Crippen LogP contribution in [0.1, 0.15) is 45.1 Å². The SMILES string of the molecule is COc1ccc(CN(C2CCCC2)S(=O)(=O)c2ccccc2)cc1OC(C)C. The van der Waals surface area contributed by atoms with Crippen LogP contribution in [0.4, 0.5) is 0 Å². The highest BCUT2D eigenvalue weighted by molar-refractivity contribution is 7.89. The molecule has 152 valence electrons. The highest BCUT2D eigenvalue weighted by Crippen LogP contribution is 2.33. The number of hydrogen-bond donors (Lipinski definition) is 0. The highest BCUT2D eigenvalue weighted by Gasteiger charge is 2.33. The zero-order valence-corrected chi connectivity index (χ0v) is 17.6. The molecule has 1 fully saturated rings. The van der Waals surface area contributed by atoms with Gasteiger partial charge in [-0.25, -0.2) is 8.42 Å². The summed E-state index contributed by atoms with van der Waals surface area (Å²) < 4.78 is 39.7. The van der Waals surface area contributed by atoms with Crippen molar-refractivity contribution in [1.29, 1.82) is 0 Å². The molecule has 0 aromatic heterocycles. The van der Waals surface area contributed by atoms with Gasteiger partial charge < -0.3 is 9.47 Å². The minimum Gasteiger partial charge on any atom is -0.493 e. The molecular formula is C22H29NO4S. The molecule has 0 N–H and O–H groups in total. The molecule has 2 aromatic rings. The minimum atomic E-state index is -3.57. The summed E-state index contributed by atoms with van der Waals surface area (Å²) in [5.74, 6) is 1.29. The van der Waals surface area contributed by atoms with E-state index in [-0.39, 0.29) is 12.1 Å². The van der Waals surface area contributed by atoms with Gasteiger partial charge >= 0.3 is 0 Å². The summed E-state index contributed by atoms with van der Waals surface area (Å²) in [6.45, 7) is 4.23. The van der Waals surface area contributed by atoms with Gasteiger partial charge in [0.15, 0.2) is 11.5 Å². The van der Waals surface area contributed by atoms with Gasteiger partial charge in [-0.15, -0.1) is 0 Å². The summed E-state index contributed by atoms with van der Waals surface area (Å²) in [5.41, 5.74) is 0.892. The molecule has 3 rings (SSSR count). The molecule has 0 atom stereocenters.